The van der Waals surface area contributed by atoms with E-state index in [1.165, 1.54) is 21.5 Å². The van der Waals surface area contributed by atoms with Gasteiger partial charge in [-0.05, 0) is 41.8 Å². The highest BCUT2D eigenvalue weighted by Crippen LogP contribution is 2.27. The first kappa shape index (κ1) is 16.5. The fourth-order valence-corrected chi connectivity index (χ4v) is 3.95. The minimum absolute atomic E-state index is 1.07. The van der Waals surface area contributed by atoms with E-state index in [4.69, 9.17) is 4.98 Å². The molecule has 0 fully saturated rings. The third-order valence-corrected chi connectivity index (χ3v) is 5.24. The van der Waals surface area contributed by atoms with Gasteiger partial charge in [-0.15, -0.1) is 11.3 Å². The first-order chi connectivity index (χ1) is 11.2. The molecule has 0 spiro atoms. The van der Waals surface area contributed by atoms with Crippen molar-refractivity contribution in [2.45, 2.75) is 6.42 Å². The number of fused-ring (bicyclic) bond motifs is 1. The number of benzene rings is 2. The Morgan fingerprint density at radius 3 is 2.57 bits per heavy atom. The molecule has 23 heavy (non-hydrogen) atoms. The normalized spacial score (nSPS) is 11.4. The van der Waals surface area contributed by atoms with Crippen molar-refractivity contribution in [3.63, 3.8) is 0 Å². The summed E-state index contributed by atoms with van der Waals surface area (Å²) in [5.41, 5.74) is 4.92. The maximum Gasteiger partial charge on any atom is 0.117 e. The van der Waals surface area contributed by atoms with E-state index in [-0.39, 0.29) is 0 Å². The van der Waals surface area contributed by atoms with Crippen LogP contribution in [0.5, 0.6) is 0 Å². The molecule has 2 nitrogen and oxygen atoms in total. The van der Waals surface area contributed by atoms with E-state index in [2.05, 4.69) is 96.2 Å². The molecule has 2 aromatic carbocycles. The van der Waals surface area contributed by atoms with Gasteiger partial charge in [0.2, 0.25) is 0 Å². The molecule has 0 amide bonds. The zero-order valence-corrected chi connectivity index (χ0v) is 16.3. The third kappa shape index (κ3) is 3.93. The van der Waals surface area contributed by atoms with Crippen LogP contribution in [0.1, 0.15) is 16.1 Å². The highest BCUT2D eigenvalue weighted by molar-refractivity contribution is 14.1. The summed E-state index contributed by atoms with van der Waals surface area (Å²) in [5.74, 6) is 0. The standard InChI is InChI=1S/C19H19IN2S/c1-22(2)16-9-6-14(7-10-16)8-11-18-21-19-15(12-13-20)4-3-5-17(19)23-18/h3-11H,12-13H2,1-2H3. The Balaban J connectivity index is 1.84. The maximum absolute atomic E-state index is 4.81. The number of hydrogen-bond acceptors (Lipinski definition) is 3. The Kier molecular flexibility index (Phi) is 5.33. The lowest BCUT2D eigenvalue weighted by Crippen LogP contribution is -2.07. The Labute approximate surface area is 155 Å². The number of halogens is 1. The van der Waals surface area contributed by atoms with Gasteiger partial charge in [0.25, 0.3) is 0 Å². The number of aromatic nitrogens is 1. The van der Waals surface area contributed by atoms with Crippen LogP contribution in [0, 0.1) is 0 Å². The van der Waals surface area contributed by atoms with Crippen LogP contribution in [0.25, 0.3) is 22.4 Å². The van der Waals surface area contributed by atoms with Gasteiger partial charge < -0.3 is 4.90 Å². The summed E-state index contributed by atoms with van der Waals surface area (Å²) in [6.45, 7) is 0. The van der Waals surface area contributed by atoms with Crippen LogP contribution in [0.15, 0.2) is 42.5 Å². The number of alkyl halides is 1. The van der Waals surface area contributed by atoms with Crippen LogP contribution in [0.2, 0.25) is 0 Å². The van der Waals surface area contributed by atoms with E-state index < -0.39 is 0 Å². The average Bonchev–Trinajstić information content (AvgIpc) is 2.98. The van der Waals surface area contributed by atoms with Crippen molar-refractivity contribution < 1.29 is 0 Å². The fraction of sp³-hybridized carbons (Fsp3) is 0.211. The molecule has 4 heteroatoms. The first-order valence-electron chi connectivity index (χ1n) is 7.57. The number of anilines is 1. The summed E-state index contributed by atoms with van der Waals surface area (Å²) in [6, 6.07) is 15.0. The smallest absolute Gasteiger partial charge is 0.117 e. The van der Waals surface area contributed by atoms with E-state index in [9.17, 15) is 0 Å². The molecule has 0 radical (unpaired) electrons. The lowest BCUT2D eigenvalue weighted by molar-refractivity contribution is 1.13. The molecule has 3 rings (SSSR count). The van der Waals surface area contributed by atoms with Crippen molar-refractivity contribution in [2.24, 2.45) is 0 Å². The summed E-state index contributed by atoms with van der Waals surface area (Å²) in [7, 11) is 4.11. The SMILES string of the molecule is CN(C)c1ccc(C=Cc2nc3c(CCI)cccc3s2)cc1. The highest BCUT2D eigenvalue weighted by Gasteiger charge is 2.06. The van der Waals surface area contributed by atoms with E-state index in [0.29, 0.717) is 0 Å². The van der Waals surface area contributed by atoms with Crippen molar-refractivity contribution in [1.82, 2.24) is 4.98 Å². The molecule has 118 valence electrons. The molecule has 0 bridgehead atoms. The van der Waals surface area contributed by atoms with Crippen LogP contribution in [-0.2, 0) is 6.42 Å². The third-order valence-electron chi connectivity index (χ3n) is 3.71. The van der Waals surface area contributed by atoms with Crippen LogP contribution in [-0.4, -0.2) is 23.5 Å². The minimum atomic E-state index is 1.07. The lowest BCUT2D eigenvalue weighted by Gasteiger charge is -2.11. The molecule has 0 saturated carbocycles. The number of hydrogen-bond donors (Lipinski definition) is 0. The molecule has 0 unspecified atom stereocenters. The predicted octanol–water partition coefficient (Wildman–Crippen LogP) is 5.51. The van der Waals surface area contributed by atoms with Crippen molar-refractivity contribution in [2.75, 3.05) is 23.4 Å². The van der Waals surface area contributed by atoms with Crippen LogP contribution in [0.4, 0.5) is 5.69 Å². The van der Waals surface area contributed by atoms with Crippen LogP contribution < -0.4 is 4.90 Å². The molecular formula is C19H19IN2S. The van der Waals surface area contributed by atoms with Gasteiger partial charge in [0.05, 0.1) is 10.2 Å². The van der Waals surface area contributed by atoms with Gasteiger partial charge in [-0.1, -0.05) is 52.9 Å². The van der Waals surface area contributed by atoms with Crippen molar-refractivity contribution in [3.8, 4) is 0 Å². The monoisotopic (exact) mass is 434 g/mol. The molecule has 0 aliphatic rings. The molecule has 0 aliphatic carbocycles. The largest absolute Gasteiger partial charge is 0.378 e. The number of aryl methyl sites for hydroxylation is 1. The summed E-state index contributed by atoms with van der Waals surface area (Å²) in [4.78, 5) is 6.92. The maximum atomic E-state index is 4.81. The number of para-hydroxylation sites is 1. The fourth-order valence-electron chi connectivity index (χ4n) is 2.45. The Morgan fingerprint density at radius 2 is 1.87 bits per heavy atom. The average molecular weight is 434 g/mol. The van der Waals surface area contributed by atoms with Gasteiger partial charge in [-0.25, -0.2) is 4.98 Å². The molecular weight excluding hydrogens is 415 g/mol. The van der Waals surface area contributed by atoms with E-state index >= 15 is 0 Å². The van der Waals surface area contributed by atoms with E-state index in [0.717, 1.165) is 21.4 Å². The van der Waals surface area contributed by atoms with Gasteiger partial charge in [0.1, 0.15) is 5.01 Å². The van der Waals surface area contributed by atoms with E-state index in [1.807, 2.05) is 0 Å². The summed E-state index contributed by atoms with van der Waals surface area (Å²) in [6.07, 6.45) is 5.33. The number of rotatable bonds is 5. The number of nitrogens with zero attached hydrogens (tertiary/aromatic N) is 2. The molecule has 3 aromatic rings. The second-order valence-corrected chi connectivity index (χ2v) is 7.72. The number of thiazole rings is 1. The Morgan fingerprint density at radius 1 is 1.09 bits per heavy atom. The van der Waals surface area contributed by atoms with Crippen LogP contribution in [0.3, 0.4) is 0 Å². The Hall–Kier alpha value is -1.40. The predicted molar refractivity (Wildman–Crippen MR) is 112 cm³/mol. The second kappa shape index (κ2) is 7.45. The Bertz CT molecular complexity index is 819. The van der Waals surface area contributed by atoms with Gasteiger partial charge in [-0.2, -0.15) is 0 Å². The van der Waals surface area contributed by atoms with Gasteiger partial charge >= 0.3 is 0 Å². The zero-order chi connectivity index (χ0) is 16.2. The van der Waals surface area contributed by atoms with E-state index in [1.54, 1.807) is 11.3 Å². The second-order valence-electron chi connectivity index (χ2n) is 5.57. The molecule has 0 saturated heterocycles. The molecule has 0 aliphatic heterocycles. The molecule has 0 atom stereocenters. The van der Waals surface area contributed by atoms with Gasteiger partial charge in [-0.3, -0.25) is 0 Å². The summed E-state index contributed by atoms with van der Waals surface area (Å²) >= 11 is 4.18. The highest BCUT2D eigenvalue weighted by atomic mass is 127. The molecule has 1 heterocycles. The van der Waals surface area contributed by atoms with Crippen molar-refractivity contribution in [1.29, 1.82) is 0 Å². The zero-order valence-electron chi connectivity index (χ0n) is 13.3. The summed E-state index contributed by atoms with van der Waals surface area (Å²) in [5, 5.41) is 1.07. The van der Waals surface area contributed by atoms with Crippen molar-refractivity contribution >= 4 is 62.0 Å². The van der Waals surface area contributed by atoms with Gasteiger partial charge in [0, 0.05) is 24.2 Å². The summed E-state index contributed by atoms with van der Waals surface area (Å²) < 4.78 is 2.40. The quantitative estimate of drug-likeness (QED) is 0.389. The molecule has 0 N–H and O–H groups in total. The first-order valence-corrected chi connectivity index (χ1v) is 9.91. The van der Waals surface area contributed by atoms with Crippen molar-refractivity contribution in [3.05, 3.63) is 58.6 Å². The lowest BCUT2D eigenvalue weighted by atomic mass is 10.1. The topological polar surface area (TPSA) is 16.1 Å². The molecule has 1 aromatic heterocycles. The minimum Gasteiger partial charge on any atom is -0.378 e. The van der Waals surface area contributed by atoms with Crippen LogP contribution >= 0.6 is 33.9 Å². The van der Waals surface area contributed by atoms with Gasteiger partial charge in [0.15, 0.2) is 0 Å².